The van der Waals surface area contributed by atoms with E-state index < -0.39 is 0 Å². The molecule has 0 N–H and O–H groups in total. The molecule has 4 nitrogen and oxygen atoms in total. The minimum absolute atomic E-state index is 0.238. The van der Waals surface area contributed by atoms with Crippen LogP contribution in [0.15, 0.2) is 24.7 Å². The van der Waals surface area contributed by atoms with Gasteiger partial charge in [-0.3, -0.25) is 14.5 Å². The number of aromatic nitrogens is 3. The van der Waals surface area contributed by atoms with Crippen LogP contribution in [0.2, 0.25) is 10.0 Å². The number of nitrogens with zero attached hydrogens (tertiary/aromatic N) is 3. The number of carbonyl (C=O) groups excluding carboxylic acids is 1. The maximum Gasteiger partial charge on any atom is 0.214 e. The Labute approximate surface area is 115 Å². The van der Waals surface area contributed by atoms with E-state index >= 15 is 0 Å². The molecule has 0 unspecified atom stereocenters. The van der Waals surface area contributed by atoms with Gasteiger partial charge in [-0.2, -0.15) is 5.10 Å². The summed E-state index contributed by atoms with van der Waals surface area (Å²) in [6, 6.07) is 1.57. The van der Waals surface area contributed by atoms with E-state index in [4.69, 9.17) is 23.2 Å². The first-order valence-electron chi connectivity index (χ1n) is 5.50. The zero-order valence-corrected chi connectivity index (χ0v) is 11.2. The average molecular weight is 284 g/mol. The van der Waals surface area contributed by atoms with Crippen molar-refractivity contribution in [1.82, 2.24) is 14.8 Å². The molecule has 0 aromatic carbocycles. The number of hydrogen-bond donors (Lipinski definition) is 0. The summed E-state index contributed by atoms with van der Waals surface area (Å²) >= 11 is 12.0. The van der Waals surface area contributed by atoms with Gasteiger partial charge in [-0.25, -0.2) is 0 Å². The molecule has 0 aliphatic carbocycles. The van der Waals surface area contributed by atoms with Crippen LogP contribution >= 0.6 is 23.2 Å². The molecule has 2 aromatic rings. The van der Waals surface area contributed by atoms with Gasteiger partial charge in [0.15, 0.2) is 0 Å². The molecule has 2 heterocycles. The van der Waals surface area contributed by atoms with Gasteiger partial charge < -0.3 is 0 Å². The lowest BCUT2D eigenvalue weighted by Crippen LogP contribution is -2.12. The van der Waals surface area contributed by atoms with Gasteiger partial charge in [-0.1, -0.05) is 30.1 Å². The Balaban J connectivity index is 2.46. The Kier molecular flexibility index (Phi) is 3.99. The highest BCUT2D eigenvalue weighted by Gasteiger charge is 2.20. The number of aryl methyl sites for hydroxylation is 1. The SMILES string of the molecule is CCCn1ncc(Cl)c1C(=O)c1ccncc1Cl. The van der Waals surface area contributed by atoms with Crippen molar-refractivity contribution in [3.05, 3.63) is 46.0 Å². The van der Waals surface area contributed by atoms with E-state index in [0.29, 0.717) is 27.8 Å². The third-order valence-electron chi connectivity index (χ3n) is 2.46. The number of carbonyl (C=O) groups is 1. The van der Waals surface area contributed by atoms with Gasteiger partial charge in [0, 0.05) is 24.5 Å². The summed E-state index contributed by atoms with van der Waals surface area (Å²) in [5, 5.41) is 4.73. The Morgan fingerprint density at radius 3 is 2.78 bits per heavy atom. The number of pyridine rings is 1. The fourth-order valence-electron chi connectivity index (χ4n) is 1.66. The van der Waals surface area contributed by atoms with Crippen molar-refractivity contribution >= 4 is 29.0 Å². The Morgan fingerprint density at radius 1 is 1.33 bits per heavy atom. The van der Waals surface area contributed by atoms with Gasteiger partial charge in [0.2, 0.25) is 5.78 Å². The second-order valence-electron chi connectivity index (χ2n) is 3.75. The largest absolute Gasteiger partial charge is 0.287 e. The predicted molar refractivity (Wildman–Crippen MR) is 70.2 cm³/mol. The summed E-state index contributed by atoms with van der Waals surface area (Å²) in [5.41, 5.74) is 0.748. The van der Waals surface area contributed by atoms with Crippen LogP contribution in [-0.4, -0.2) is 20.5 Å². The third kappa shape index (κ3) is 2.40. The van der Waals surface area contributed by atoms with Gasteiger partial charge in [0.1, 0.15) is 5.69 Å². The minimum atomic E-state index is -0.238. The molecule has 0 aliphatic rings. The van der Waals surface area contributed by atoms with Gasteiger partial charge in [-0.05, 0) is 12.5 Å². The molecule has 94 valence electrons. The standard InChI is InChI=1S/C12H11Cl2N3O/c1-2-5-17-11(10(14)7-16-17)12(18)8-3-4-15-6-9(8)13/h3-4,6-7H,2,5H2,1H3. The summed E-state index contributed by atoms with van der Waals surface area (Å²) in [5.74, 6) is -0.238. The maximum absolute atomic E-state index is 12.4. The zero-order chi connectivity index (χ0) is 13.1. The van der Waals surface area contributed by atoms with Gasteiger partial charge in [0.25, 0.3) is 0 Å². The van der Waals surface area contributed by atoms with Crippen LogP contribution in [-0.2, 0) is 6.54 Å². The van der Waals surface area contributed by atoms with Gasteiger partial charge in [-0.15, -0.1) is 0 Å². The first-order chi connectivity index (χ1) is 8.65. The molecule has 0 aliphatic heterocycles. The van der Waals surface area contributed by atoms with E-state index in [1.165, 1.54) is 18.6 Å². The van der Waals surface area contributed by atoms with Crippen molar-refractivity contribution in [3.8, 4) is 0 Å². The summed E-state index contributed by atoms with van der Waals surface area (Å²) in [7, 11) is 0. The highest BCUT2D eigenvalue weighted by atomic mass is 35.5. The molecule has 0 bridgehead atoms. The monoisotopic (exact) mass is 283 g/mol. The number of ketones is 1. The molecule has 0 fully saturated rings. The van der Waals surface area contributed by atoms with Crippen LogP contribution in [0.5, 0.6) is 0 Å². The smallest absolute Gasteiger partial charge is 0.214 e. The van der Waals surface area contributed by atoms with Gasteiger partial charge >= 0.3 is 0 Å². The quantitative estimate of drug-likeness (QED) is 0.810. The molecule has 0 amide bonds. The Bertz CT molecular complexity index is 580. The van der Waals surface area contributed by atoms with Gasteiger partial charge in [0.05, 0.1) is 16.2 Å². The van der Waals surface area contributed by atoms with Crippen LogP contribution in [0, 0.1) is 0 Å². The van der Waals surface area contributed by atoms with Crippen molar-refractivity contribution < 1.29 is 4.79 Å². The molecule has 0 saturated heterocycles. The molecule has 2 rings (SSSR count). The second kappa shape index (κ2) is 5.50. The van der Waals surface area contributed by atoms with Crippen molar-refractivity contribution in [3.63, 3.8) is 0 Å². The molecular formula is C12H11Cl2N3O. The zero-order valence-electron chi connectivity index (χ0n) is 9.73. The highest BCUT2D eigenvalue weighted by molar-refractivity contribution is 6.37. The van der Waals surface area contributed by atoms with Crippen LogP contribution in [0.25, 0.3) is 0 Å². The van der Waals surface area contributed by atoms with E-state index in [-0.39, 0.29) is 5.78 Å². The van der Waals surface area contributed by atoms with E-state index in [1.54, 1.807) is 10.7 Å². The fraction of sp³-hybridized carbons (Fsp3) is 0.250. The van der Waals surface area contributed by atoms with Crippen LogP contribution in [0.1, 0.15) is 29.4 Å². The molecule has 0 atom stereocenters. The number of hydrogen-bond acceptors (Lipinski definition) is 3. The lowest BCUT2D eigenvalue weighted by molar-refractivity contribution is 0.102. The summed E-state index contributed by atoms with van der Waals surface area (Å²) in [6.07, 6.45) is 5.29. The Morgan fingerprint density at radius 2 is 2.11 bits per heavy atom. The second-order valence-corrected chi connectivity index (χ2v) is 4.56. The molecule has 2 aromatic heterocycles. The number of rotatable bonds is 4. The number of halogens is 2. The molecule has 18 heavy (non-hydrogen) atoms. The summed E-state index contributed by atoms with van der Waals surface area (Å²) < 4.78 is 1.60. The van der Waals surface area contributed by atoms with Crippen molar-refractivity contribution in [2.24, 2.45) is 0 Å². The van der Waals surface area contributed by atoms with E-state index in [0.717, 1.165) is 6.42 Å². The first-order valence-corrected chi connectivity index (χ1v) is 6.26. The third-order valence-corrected chi connectivity index (χ3v) is 3.04. The molecule has 0 radical (unpaired) electrons. The fourth-order valence-corrected chi connectivity index (χ4v) is 2.09. The van der Waals surface area contributed by atoms with Crippen LogP contribution < -0.4 is 0 Å². The van der Waals surface area contributed by atoms with E-state index in [1.807, 2.05) is 6.92 Å². The summed E-state index contributed by atoms with van der Waals surface area (Å²) in [4.78, 5) is 16.2. The molecule has 6 heteroatoms. The van der Waals surface area contributed by atoms with Crippen molar-refractivity contribution in [1.29, 1.82) is 0 Å². The van der Waals surface area contributed by atoms with E-state index in [2.05, 4.69) is 10.1 Å². The molecule has 0 saturated carbocycles. The van der Waals surface area contributed by atoms with Crippen molar-refractivity contribution in [2.75, 3.05) is 0 Å². The van der Waals surface area contributed by atoms with Crippen LogP contribution in [0.3, 0.4) is 0 Å². The maximum atomic E-state index is 12.4. The predicted octanol–water partition coefficient (Wildman–Crippen LogP) is 3.23. The highest BCUT2D eigenvalue weighted by Crippen LogP contribution is 2.23. The summed E-state index contributed by atoms with van der Waals surface area (Å²) in [6.45, 7) is 2.64. The normalized spacial score (nSPS) is 10.6. The molecule has 0 spiro atoms. The van der Waals surface area contributed by atoms with Crippen LogP contribution in [0.4, 0.5) is 0 Å². The Hall–Kier alpha value is -1.39. The average Bonchev–Trinajstić information content (AvgIpc) is 2.71. The lowest BCUT2D eigenvalue weighted by atomic mass is 10.1. The van der Waals surface area contributed by atoms with Crippen molar-refractivity contribution in [2.45, 2.75) is 19.9 Å². The topological polar surface area (TPSA) is 47.8 Å². The van der Waals surface area contributed by atoms with E-state index in [9.17, 15) is 4.79 Å². The first kappa shape index (κ1) is 13.1. The minimum Gasteiger partial charge on any atom is -0.287 e. The lowest BCUT2D eigenvalue weighted by Gasteiger charge is -2.06. The molecular weight excluding hydrogens is 273 g/mol.